The van der Waals surface area contributed by atoms with Crippen LogP contribution in [-0.2, 0) is 14.3 Å². The van der Waals surface area contributed by atoms with E-state index in [1.165, 1.54) is 6.92 Å². The molecule has 0 bridgehead atoms. The summed E-state index contributed by atoms with van der Waals surface area (Å²) in [5.74, 6) is -0.811. The minimum absolute atomic E-state index is 0.107. The Balaban J connectivity index is 1.32. The highest BCUT2D eigenvalue weighted by Gasteiger charge is 2.53. The normalized spacial score (nSPS) is 22.6. The zero-order valence-electron chi connectivity index (χ0n) is 22.9. The van der Waals surface area contributed by atoms with Crippen molar-refractivity contribution in [1.82, 2.24) is 15.0 Å². The molecule has 41 heavy (non-hydrogen) atoms. The number of hydrogen-bond acceptors (Lipinski definition) is 9. The predicted octanol–water partition coefficient (Wildman–Crippen LogP) is 4.89. The zero-order chi connectivity index (χ0) is 29.3. The van der Waals surface area contributed by atoms with Gasteiger partial charge in [0.2, 0.25) is 12.1 Å². The van der Waals surface area contributed by atoms with Gasteiger partial charge in [-0.2, -0.15) is 13.2 Å². The van der Waals surface area contributed by atoms with E-state index in [4.69, 9.17) is 9.47 Å². The number of benzene rings is 1. The van der Waals surface area contributed by atoms with Crippen molar-refractivity contribution in [1.29, 1.82) is 0 Å². The van der Waals surface area contributed by atoms with Crippen molar-refractivity contribution in [2.24, 2.45) is 4.99 Å². The van der Waals surface area contributed by atoms with Crippen LogP contribution in [0.15, 0.2) is 53.9 Å². The highest BCUT2D eigenvalue weighted by atomic mass is 19.4. The molecule has 10 nitrogen and oxygen atoms in total. The van der Waals surface area contributed by atoms with Crippen LogP contribution in [0.3, 0.4) is 0 Å². The van der Waals surface area contributed by atoms with Crippen LogP contribution in [0, 0.1) is 6.92 Å². The summed E-state index contributed by atoms with van der Waals surface area (Å²) in [6.45, 7) is 8.73. The van der Waals surface area contributed by atoms with E-state index < -0.39 is 24.2 Å². The van der Waals surface area contributed by atoms with E-state index in [1.54, 1.807) is 36.7 Å². The molecule has 1 saturated heterocycles. The highest BCUT2D eigenvalue weighted by Crippen LogP contribution is 2.32. The van der Waals surface area contributed by atoms with Gasteiger partial charge in [-0.15, -0.1) is 0 Å². The fraction of sp³-hybridized carbons (Fsp3) is 0.393. The van der Waals surface area contributed by atoms with Crippen LogP contribution in [-0.4, -0.2) is 70.4 Å². The number of amides is 1. The Hall–Kier alpha value is -4.26. The van der Waals surface area contributed by atoms with E-state index in [1.807, 2.05) is 33.0 Å². The van der Waals surface area contributed by atoms with Crippen molar-refractivity contribution < 1.29 is 27.4 Å². The van der Waals surface area contributed by atoms with Crippen molar-refractivity contribution in [2.45, 2.75) is 58.2 Å². The average molecular weight is 570 g/mol. The number of rotatable bonds is 6. The molecule has 216 valence electrons. The van der Waals surface area contributed by atoms with Gasteiger partial charge >= 0.3 is 6.18 Å². The third-order valence-corrected chi connectivity index (χ3v) is 6.71. The Morgan fingerprint density at radius 2 is 1.83 bits per heavy atom. The number of aliphatic imine (C=N–C) groups is 1. The molecule has 1 amide bonds. The van der Waals surface area contributed by atoms with E-state index >= 15 is 0 Å². The monoisotopic (exact) mass is 569 g/mol. The average Bonchev–Trinajstić information content (AvgIpc) is 3.33. The van der Waals surface area contributed by atoms with Crippen LogP contribution in [0.5, 0.6) is 0 Å². The van der Waals surface area contributed by atoms with E-state index in [0.29, 0.717) is 17.3 Å². The molecular weight excluding hydrogens is 539 g/mol. The Kier molecular flexibility index (Phi) is 7.80. The molecule has 5 rings (SSSR count). The largest absolute Gasteiger partial charge is 0.466 e. The molecule has 0 radical (unpaired) electrons. The van der Waals surface area contributed by atoms with Crippen LogP contribution < -0.4 is 15.5 Å². The van der Waals surface area contributed by atoms with E-state index in [-0.39, 0.29) is 23.8 Å². The Bertz CT molecular complexity index is 1460. The lowest BCUT2D eigenvalue weighted by Crippen LogP contribution is -2.45. The molecule has 2 aliphatic rings. The van der Waals surface area contributed by atoms with Gasteiger partial charge in [-0.25, -0.2) is 15.0 Å². The number of carbonyl (C=O) groups excluding carboxylic acids is 1. The molecule has 13 heteroatoms. The third kappa shape index (κ3) is 6.56. The molecule has 2 unspecified atom stereocenters. The van der Waals surface area contributed by atoms with Crippen LogP contribution in [0.1, 0.15) is 26.3 Å². The first-order valence-electron chi connectivity index (χ1n) is 13.1. The van der Waals surface area contributed by atoms with Crippen LogP contribution in [0.2, 0.25) is 0 Å². The summed E-state index contributed by atoms with van der Waals surface area (Å²) in [5, 5.41) is 5.65. The molecule has 4 heterocycles. The number of anilines is 4. The summed E-state index contributed by atoms with van der Waals surface area (Å²) in [6.07, 6.45) is -1.68. The zero-order valence-corrected chi connectivity index (χ0v) is 22.9. The van der Waals surface area contributed by atoms with Crippen molar-refractivity contribution >= 4 is 34.8 Å². The topological polar surface area (TPSA) is 114 Å². The molecule has 1 fully saturated rings. The lowest BCUT2D eigenvalue weighted by molar-refractivity contribution is -0.199. The van der Waals surface area contributed by atoms with Crippen molar-refractivity contribution in [2.75, 3.05) is 28.6 Å². The number of aryl methyl sites for hydroxylation is 1. The molecule has 0 saturated carbocycles. The second-order valence-electron chi connectivity index (χ2n) is 10.2. The molecule has 2 aromatic heterocycles. The minimum Gasteiger partial charge on any atom is -0.466 e. The molecule has 2 N–H and O–H groups in total. The first kappa shape index (κ1) is 28.3. The third-order valence-electron chi connectivity index (χ3n) is 6.71. The standard InChI is InChI=1S/C28H30F3N7O3/c1-15-5-6-20(35-26(39)24-25(28(29,30)31)41-18(4)34-24)10-23(15)37-27-33-8-7-22(36-27)19-9-21(12-32-11-19)38-13-16(2)40-17(3)14-38/h5-12,16-17,24-25H,13-14H2,1-4H3,(H,35,39)(H,33,36,37)/t16-,17+,24?,25?. The van der Waals surface area contributed by atoms with Gasteiger partial charge in [-0.1, -0.05) is 6.07 Å². The molecule has 3 aromatic rings. The van der Waals surface area contributed by atoms with Gasteiger partial charge in [0.25, 0.3) is 5.91 Å². The number of ether oxygens (including phenoxy) is 2. The lowest BCUT2D eigenvalue weighted by Gasteiger charge is -2.36. The SMILES string of the molecule is CC1=NC(C(=O)Nc2ccc(C)c(Nc3nccc(-c4cncc(N5C[C@@H](C)O[C@@H](C)C5)c4)n3)c2)C(C(F)(F)F)O1. The number of morpholine rings is 1. The number of alkyl halides is 3. The summed E-state index contributed by atoms with van der Waals surface area (Å²) >= 11 is 0. The quantitative estimate of drug-likeness (QED) is 0.432. The Morgan fingerprint density at radius 3 is 2.56 bits per heavy atom. The summed E-state index contributed by atoms with van der Waals surface area (Å²) in [6, 6.07) is 6.98. The first-order valence-corrected chi connectivity index (χ1v) is 13.1. The summed E-state index contributed by atoms with van der Waals surface area (Å²) in [4.78, 5) is 32.0. The van der Waals surface area contributed by atoms with Gasteiger partial charge in [-0.05, 0) is 50.6 Å². The minimum atomic E-state index is -4.74. The van der Waals surface area contributed by atoms with Crippen LogP contribution in [0.25, 0.3) is 11.3 Å². The molecular formula is C28H30F3N7O3. The second-order valence-corrected chi connectivity index (χ2v) is 10.2. The fourth-order valence-electron chi connectivity index (χ4n) is 4.86. The van der Waals surface area contributed by atoms with E-state index in [0.717, 1.165) is 29.9 Å². The van der Waals surface area contributed by atoms with Gasteiger partial charge in [0.1, 0.15) is 0 Å². The number of pyridine rings is 1. The maximum Gasteiger partial charge on any atom is 0.428 e. The molecule has 4 atom stereocenters. The highest BCUT2D eigenvalue weighted by molar-refractivity contribution is 5.98. The second kappa shape index (κ2) is 11.3. The van der Waals surface area contributed by atoms with Crippen LogP contribution in [0.4, 0.5) is 36.2 Å². The van der Waals surface area contributed by atoms with E-state index in [2.05, 4.69) is 35.5 Å². The fourth-order valence-corrected chi connectivity index (χ4v) is 4.86. The Labute approximate surface area is 235 Å². The summed E-state index contributed by atoms with van der Waals surface area (Å²) in [7, 11) is 0. The van der Waals surface area contributed by atoms with Gasteiger partial charge in [0.05, 0.1) is 29.8 Å². The van der Waals surface area contributed by atoms with Crippen molar-refractivity contribution in [3.05, 3.63) is 54.5 Å². The number of nitrogens with zero attached hydrogens (tertiary/aromatic N) is 5. The Morgan fingerprint density at radius 1 is 1.07 bits per heavy atom. The number of aromatic nitrogens is 3. The van der Waals surface area contributed by atoms with Crippen LogP contribution >= 0.6 is 0 Å². The maximum absolute atomic E-state index is 13.3. The molecule has 2 aliphatic heterocycles. The number of carbonyl (C=O) groups is 1. The van der Waals surface area contributed by atoms with Crippen molar-refractivity contribution in [3.63, 3.8) is 0 Å². The molecule has 1 aromatic carbocycles. The van der Waals surface area contributed by atoms with Gasteiger partial charge in [0, 0.05) is 49.3 Å². The molecule has 0 spiro atoms. The van der Waals surface area contributed by atoms with Crippen molar-refractivity contribution in [3.8, 4) is 11.3 Å². The molecule has 0 aliphatic carbocycles. The first-order chi connectivity index (χ1) is 19.5. The maximum atomic E-state index is 13.3. The summed E-state index contributed by atoms with van der Waals surface area (Å²) < 4.78 is 50.6. The summed E-state index contributed by atoms with van der Waals surface area (Å²) in [5.41, 5.74) is 4.09. The lowest BCUT2D eigenvalue weighted by atomic mass is 10.1. The number of halogens is 3. The number of hydrogen-bond donors (Lipinski definition) is 2. The van der Waals surface area contributed by atoms with E-state index in [9.17, 15) is 18.0 Å². The van der Waals surface area contributed by atoms with Gasteiger partial charge in [-0.3, -0.25) is 9.78 Å². The van der Waals surface area contributed by atoms with Gasteiger partial charge in [0.15, 0.2) is 11.9 Å². The predicted molar refractivity (Wildman–Crippen MR) is 148 cm³/mol. The number of nitrogens with one attached hydrogen (secondary N) is 2. The smallest absolute Gasteiger partial charge is 0.428 e. The van der Waals surface area contributed by atoms with Gasteiger partial charge < -0.3 is 25.0 Å².